The third-order valence-corrected chi connectivity index (χ3v) is 4.69. The van der Waals surface area contributed by atoms with E-state index in [4.69, 9.17) is 0 Å². The van der Waals surface area contributed by atoms with Crippen molar-refractivity contribution in [2.45, 2.75) is 31.8 Å². The van der Waals surface area contributed by atoms with Crippen molar-refractivity contribution >= 4 is 47.3 Å². The van der Waals surface area contributed by atoms with E-state index < -0.39 is 0 Å². The van der Waals surface area contributed by atoms with Crippen LogP contribution in [0.15, 0.2) is 36.5 Å². The Hall–Kier alpha value is -1.40. The van der Waals surface area contributed by atoms with Crippen LogP contribution in [0.25, 0.3) is 10.9 Å². The number of hydrogen-bond donors (Lipinski definition) is 2. The molecule has 1 aromatic carbocycles. The van der Waals surface area contributed by atoms with Crippen molar-refractivity contribution in [1.29, 1.82) is 0 Å². The summed E-state index contributed by atoms with van der Waals surface area (Å²) < 4.78 is 0. The van der Waals surface area contributed by atoms with Gasteiger partial charge in [0.2, 0.25) is 5.91 Å². The second kappa shape index (κ2) is 9.92. The molecule has 1 aliphatic heterocycles. The van der Waals surface area contributed by atoms with Gasteiger partial charge in [-0.05, 0) is 57.6 Å². The summed E-state index contributed by atoms with van der Waals surface area (Å²) in [5, 5.41) is 7.37. The van der Waals surface area contributed by atoms with Gasteiger partial charge in [-0.15, -0.1) is 24.8 Å². The Morgan fingerprint density at radius 3 is 2.84 bits per heavy atom. The molecular formula is C18H26Cl2N4O. The van der Waals surface area contributed by atoms with Crippen LogP contribution in [0.3, 0.4) is 0 Å². The molecule has 0 aliphatic carbocycles. The highest BCUT2D eigenvalue weighted by Gasteiger charge is 2.26. The quantitative estimate of drug-likeness (QED) is 0.849. The number of anilines is 1. The Balaban J connectivity index is 0.00000156. The third kappa shape index (κ3) is 5.05. The van der Waals surface area contributed by atoms with E-state index in [0.29, 0.717) is 6.04 Å². The van der Waals surface area contributed by atoms with Crippen molar-refractivity contribution in [3.8, 4) is 0 Å². The number of amides is 1. The van der Waals surface area contributed by atoms with Crippen LogP contribution in [-0.4, -0.2) is 48.0 Å². The molecule has 0 radical (unpaired) electrons. The number of carbonyl (C=O) groups is 1. The van der Waals surface area contributed by atoms with Crippen LogP contribution in [0.2, 0.25) is 0 Å². The molecule has 7 heteroatoms. The van der Waals surface area contributed by atoms with Gasteiger partial charge in [-0.3, -0.25) is 14.7 Å². The molecule has 5 nitrogen and oxygen atoms in total. The Morgan fingerprint density at radius 1 is 1.28 bits per heavy atom. The number of hydrogen-bond acceptors (Lipinski definition) is 4. The first-order valence-corrected chi connectivity index (χ1v) is 8.25. The highest BCUT2D eigenvalue weighted by atomic mass is 35.5. The van der Waals surface area contributed by atoms with E-state index in [1.165, 1.54) is 6.42 Å². The zero-order chi connectivity index (χ0) is 16.2. The second-order valence-corrected chi connectivity index (χ2v) is 6.16. The predicted octanol–water partition coefficient (Wildman–Crippen LogP) is 3.09. The van der Waals surface area contributed by atoms with Gasteiger partial charge in [0.15, 0.2) is 0 Å². The summed E-state index contributed by atoms with van der Waals surface area (Å²) >= 11 is 0. The monoisotopic (exact) mass is 384 g/mol. The summed E-state index contributed by atoms with van der Waals surface area (Å²) in [4.78, 5) is 19.2. The van der Waals surface area contributed by atoms with E-state index in [1.54, 1.807) is 6.20 Å². The number of piperidine rings is 1. The van der Waals surface area contributed by atoms with Crippen molar-refractivity contribution < 1.29 is 4.79 Å². The van der Waals surface area contributed by atoms with Gasteiger partial charge in [0.25, 0.3) is 0 Å². The van der Waals surface area contributed by atoms with Crippen LogP contribution in [0.4, 0.5) is 5.69 Å². The largest absolute Gasteiger partial charge is 0.324 e. The maximum atomic E-state index is 12.7. The molecule has 2 N–H and O–H groups in total. The van der Waals surface area contributed by atoms with Gasteiger partial charge in [-0.25, -0.2) is 0 Å². The van der Waals surface area contributed by atoms with Gasteiger partial charge < -0.3 is 10.6 Å². The number of likely N-dealkylation sites (N-methyl/N-ethyl adjacent to an activating group) is 1. The fraction of sp³-hybridized carbons (Fsp3) is 0.444. The molecule has 1 aromatic heterocycles. The minimum absolute atomic E-state index is 0. The maximum absolute atomic E-state index is 12.7. The number of carbonyl (C=O) groups excluding carboxylic acids is 1. The number of pyridine rings is 1. The van der Waals surface area contributed by atoms with Gasteiger partial charge in [-0.2, -0.15) is 0 Å². The molecule has 2 atom stereocenters. The molecule has 0 spiro atoms. The van der Waals surface area contributed by atoms with E-state index in [9.17, 15) is 4.79 Å². The minimum Gasteiger partial charge on any atom is -0.324 e. The minimum atomic E-state index is -0.141. The highest BCUT2D eigenvalue weighted by molar-refractivity contribution is 6.02. The van der Waals surface area contributed by atoms with Gasteiger partial charge in [-0.1, -0.05) is 6.07 Å². The lowest BCUT2D eigenvalue weighted by Crippen LogP contribution is -2.51. The number of benzene rings is 1. The van der Waals surface area contributed by atoms with Crippen molar-refractivity contribution in [1.82, 2.24) is 15.2 Å². The number of rotatable bonds is 4. The lowest BCUT2D eigenvalue weighted by atomic mass is 10.0. The van der Waals surface area contributed by atoms with Gasteiger partial charge in [0, 0.05) is 24.2 Å². The van der Waals surface area contributed by atoms with E-state index in [1.807, 2.05) is 44.3 Å². The van der Waals surface area contributed by atoms with Crippen molar-refractivity contribution in [2.75, 3.05) is 25.5 Å². The van der Waals surface area contributed by atoms with Crippen LogP contribution in [0.1, 0.15) is 19.8 Å². The Bertz CT molecular complexity index is 692. The zero-order valence-corrected chi connectivity index (χ0v) is 16.2. The number of aromatic nitrogens is 1. The number of fused-ring (bicyclic) bond motifs is 1. The summed E-state index contributed by atoms with van der Waals surface area (Å²) in [6, 6.07) is 10.0. The number of halogens is 2. The Labute approximate surface area is 161 Å². The molecule has 1 amide bonds. The van der Waals surface area contributed by atoms with Gasteiger partial charge >= 0.3 is 0 Å². The molecule has 2 heterocycles. The zero-order valence-electron chi connectivity index (χ0n) is 14.6. The van der Waals surface area contributed by atoms with Crippen LogP contribution >= 0.6 is 24.8 Å². The topological polar surface area (TPSA) is 57.3 Å². The molecule has 1 fully saturated rings. The predicted molar refractivity (Wildman–Crippen MR) is 108 cm³/mol. The molecule has 1 saturated heterocycles. The first kappa shape index (κ1) is 21.6. The van der Waals surface area contributed by atoms with E-state index >= 15 is 0 Å². The summed E-state index contributed by atoms with van der Waals surface area (Å²) in [5.41, 5.74) is 1.72. The van der Waals surface area contributed by atoms with E-state index in [-0.39, 0.29) is 36.8 Å². The summed E-state index contributed by atoms with van der Waals surface area (Å²) in [7, 11) is 1.99. The SMILES string of the molecule is CNC1CCCN(C(C)C(=O)Nc2cccc3ncccc23)C1.Cl.Cl. The standard InChI is InChI=1S/C18H24N4O.2ClH/c1-13(22-11-5-6-14(12-22)19-2)18(23)21-17-9-3-8-16-15(17)7-4-10-20-16;;/h3-4,7-10,13-14,19H,5-6,11-12H2,1-2H3,(H,21,23);2*1H. The average molecular weight is 385 g/mol. The van der Waals surface area contributed by atoms with Crippen LogP contribution in [-0.2, 0) is 4.79 Å². The molecule has 0 bridgehead atoms. The summed E-state index contributed by atoms with van der Waals surface area (Å²) in [5.74, 6) is 0.0399. The second-order valence-electron chi connectivity index (χ2n) is 6.16. The Kier molecular flexibility index (Phi) is 8.59. The van der Waals surface area contributed by atoms with Crippen molar-refractivity contribution in [3.05, 3.63) is 36.5 Å². The van der Waals surface area contributed by atoms with Crippen LogP contribution in [0, 0.1) is 0 Å². The lowest BCUT2D eigenvalue weighted by molar-refractivity contribution is -0.121. The molecule has 2 aromatic rings. The smallest absolute Gasteiger partial charge is 0.241 e. The number of nitrogens with zero attached hydrogens (tertiary/aromatic N) is 2. The maximum Gasteiger partial charge on any atom is 0.241 e. The fourth-order valence-electron chi connectivity index (χ4n) is 3.21. The fourth-order valence-corrected chi connectivity index (χ4v) is 3.21. The van der Waals surface area contributed by atoms with Crippen LogP contribution < -0.4 is 10.6 Å². The molecule has 0 saturated carbocycles. The first-order valence-electron chi connectivity index (χ1n) is 8.25. The van der Waals surface area contributed by atoms with Crippen molar-refractivity contribution in [3.63, 3.8) is 0 Å². The van der Waals surface area contributed by atoms with Crippen molar-refractivity contribution in [2.24, 2.45) is 0 Å². The molecule has 1 aliphatic rings. The van der Waals surface area contributed by atoms with E-state index in [2.05, 4.69) is 20.5 Å². The Morgan fingerprint density at radius 2 is 2.08 bits per heavy atom. The summed E-state index contributed by atoms with van der Waals surface area (Å²) in [6.45, 7) is 3.88. The molecule has 138 valence electrons. The number of nitrogens with one attached hydrogen (secondary N) is 2. The molecule has 3 rings (SSSR count). The summed E-state index contributed by atoms with van der Waals surface area (Å²) in [6.07, 6.45) is 4.07. The molecule has 2 unspecified atom stereocenters. The number of likely N-dealkylation sites (tertiary alicyclic amines) is 1. The molecular weight excluding hydrogens is 359 g/mol. The van der Waals surface area contributed by atoms with Gasteiger partial charge in [0.05, 0.1) is 17.2 Å². The highest BCUT2D eigenvalue weighted by Crippen LogP contribution is 2.22. The first-order chi connectivity index (χ1) is 11.2. The normalized spacial score (nSPS) is 18.7. The van der Waals surface area contributed by atoms with E-state index in [0.717, 1.165) is 36.1 Å². The lowest BCUT2D eigenvalue weighted by Gasteiger charge is -2.36. The van der Waals surface area contributed by atoms with Gasteiger partial charge in [0.1, 0.15) is 0 Å². The molecule has 25 heavy (non-hydrogen) atoms. The van der Waals surface area contributed by atoms with Crippen LogP contribution in [0.5, 0.6) is 0 Å². The third-order valence-electron chi connectivity index (χ3n) is 4.69. The average Bonchev–Trinajstić information content (AvgIpc) is 2.61.